The van der Waals surface area contributed by atoms with Crippen molar-refractivity contribution in [3.63, 3.8) is 0 Å². The van der Waals surface area contributed by atoms with E-state index in [-0.39, 0.29) is 36.7 Å². The summed E-state index contributed by atoms with van der Waals surface area (Å²) in [5.74, 6) is 0.689. The van der Waals surface area contributed by atoms with Crippen LogP contribution < -0.4 is 10.5 Å². The summed E-state index contributed by atoms with van der Waals surface area (Å²) in [4.78, 5) is 13.7. The van der Waals surface area contributed by atoms with Crippen LogP contribution in [-0.2, 0) is 16.6 Å². The van der Waals surface area contributed by atoms with Crippen LogP contribution in [0.15, 0.2) is 16.5 Å². The second-order valence-corrected chi connectivity index (χ2v) is 7.62. The number of nitrogens with zero attached hydrogens (tertiary/aromatic N) is 1. The molecule has 1 rings (SSSR count). The quantitative estimate of drug-likeness (QED) is 0.718. The molecule has 0 aromatic carbocycles. The van der Waals surface area contributed by atoms with E-state index in [4.69, 9.17) is 10.2 Å². The molecule has 134 valence electrons. The topological polar surface area (TPSA) is 106 Å². The molecule has 0 saturated carbocycles. The third kappa shape index (κ3) is 7.83. The molecule has 1 amide bonds. The molecule has 0 spiro atoms. The van der Waals surface area contributed by atoms with E-state index in [0.717, 1.165) is 6.26 Å². The summed E-state index contributed by atoms with van der Waals surface area (Å²) >= 11 is 0. The fourth-order valence-electron chi connectivity index (χ4n) is 1.76. The molecule has 1 unspecified atom stereocenters. The second kappa shape index (κ2) is 9.27. The Balaban J connectivity index is 0.00000484. The summed E-state index contributed by atoms with van der Waals surface area (Å²) in [5.41, 5.74) is 5.96. The number of amides is 1. The van der Waals surface area contributed by atoms with Crippen LogP contribution in [0.2, 0.25) is 0 Å². The van der Waals surface area contributed by atoms with E-state index < -0.39 is 10.0 Å². The second-order valence-electron chi connectivity index (χ2n) is 5.78. The third-order valence-electron chi connectivity index (χ3n) is 3.38. The summed E-state index contributed by atoms with van der Waals surface area (Å²) in [6, 6.07) is 3.17. The number of rotatable bonds is 8. The van der Waals surface area contributed by atoms with Crippen molar-refractivity contribution in [1.82, 2.24) is 9.62 Å². The summed E-state index contributed by atoms with van der Waals surface area (Å²) in [6.45, 7) is 4.64. The first-order valence-electron chi connectivity index (χ1n) is 7.14. The van der Waals surface area contributed by atoms with E-state index in [1.165, 1.54) is 0 Å². The van der Waals surface area contributed by atoms with Crippen molar-refractivity contribution < 1.29 is 17.6 Å². The molecule has 1 heterocycles. The molecule has 7 nitrogen and oxygen atoms in total. The molecule has 0 bridgehead atoms. The Bertz CT molecular complexity index is 601. The maximum atomic E-state index is 12.2. The molecule has 0 saturated heterocycles. The lowest BCUT2D eigenvalue weighted by molar-refractivity contribution is 0.0755. The van der Waals surface area contributed by atoms with E-state index in [1.54, 1.807) is 24.1 Å². The maximum absolute atomic E-state index is 12.2. The molecule has 1 aromatic heterocycles. The number of carbonyl (C=O) groups excluding carboxylic acids is 1. The van der Waals surface area contributed by atoms with Gasteiger partial charge < -0.3 is 15.1 Å². The minimum atomic E-state index is -3.30. The zero-order valence-electron chi connectivity index (χ0n) is 13.9. The molecular formula is C14H26ClN3O4S. The van der Waals surface area contributed by atoms with Gasteiger partial charge in [0.2, 0.25) is 10.0 Å². The zero-order valence-corrected chi connectivity index (χ0v) is 15.5. The van der Waals surface area contributed by atoms with Gasteiger partial charge in [0.15, 0.2) is 5.76 Å². The van der Waals surface area contributed by atoms with E-state index >= 15 is 0 Å². The first-order valence-corrected chi connectivity index (χ1v) is 9.03. The number of halogens is 1. The first-order chi connectivity index (χ1) is 10.1. The monoisotopic (exact) mass is 367 g/mol. The van der Waals surface area contributed by atoms with E-state index in [2.05, 4.69) is 4.72 Å². The van der Waals surface area contributed by atoms with Crippen LogP contribution in [-0.4, -0.2) is 45.1 Å². The minimum Gasteiger partial charge on any atom is -0.455 e. The van der Waals surface area contributed by atoms with Gasteiger partial charge in [-0.3, -0.25) is 4.79 Å². The fourth-order valence-corrected chi connectivity index (χ4v) is 2.16. The third-order valence-corrected chi connectivity index (χ3v) is 4.05. The molecule has 1 atom stereocenters. The van der Waals surface area contributed by atoms with Crippen molar-refractivity contribution in [1.29, 1.82) is 0 Å². The Labute approximate surface area is 144 Å². The molecule has 0 radical (unpaired) electrons. The van der Waals surface area contributed by atoms with Gasteiger partial charge in [-0.15, -0.1) is 12.4 Å². The van der Waals surface area contributed by atoms with Crippen LogP contribution in [0, 0.1) is 5.92 Å². The van der Waals surface area contributed by atoms with E-state index in [9.17, 15) is 13.2 Å². The lowest BCUT2D eigenvalue weighted by Gasteiger charge is -2.20. The highest BCUT2D eigenvalue weighted by atomic mass is 35.5. The van der Waals surface area contributed by atoms with Crippen molar-refractivity contribution in [2.24, 2.45) is 11.7 Å². The largest absolute Gasteiger partial charge is 0.455 e. The lowest BCUT2D eigenvalue weighted by Crippen LogP contribution is -2.34. The van der Waals surface area contributed by atoms with Gasteiger partial charge in [-0.05, 0) is 24.5 Å². The molecule has 0 aliphatic rings. The fraction of sp³-hybridized carbons (Fsp3) is 0.643. The molecule has 3 N–H and O–H groups in total. The zero-order chi connectivity index (χ0) is 16.9. The Morgan fingerprint density at radius 3 is 2.52 bits per heavy atom. The van der Waals surface area contributed by atoms with Gasteiger partial charge in [0.25, 0.3) is 5.91 Å². The average molecular weight is 368 g/mol. The number of nitrogens with two attached hydrogens (primary N) is 1. The Morgan fingerprint density at radius 1 is 1.39 bits per heavy atom. The van der Waals surface area contributed by atoms with Crippen LogP contribution in [0.25, 0.3) is 0 Å². The van der Waals surface area contributed by atoms with Gasteiger partial charge in [0, 0.05) is 19.6 Å². The molecule has 23 heavy (non-hydrogen) atoms. The molecular weight excluding hydrogens is 342 g/mol. The van der Waals surface area contributed by atoms with Crippen LogP contribution in [0.1, 0.15) is 36.6 Å². The average Bonchev–Trinajstić information content (AvgIpc) is 2.89. The van der Waals surface area contributed by atoms with Crippen molar-refractivity contribution in [2.45, 2.75) is 32.9 Å². The van der Waals surface area contributed by atoms with Gasteiger partial charge in [0.05, 0.1) is 12.8 Å². The summed E-state index contributed by atoms with van der Waals surface area (Å²) in [6.07, 6.45) is 1.77. The molecule has 9 heteroatoms. The lowest BCUT2D eigenvalue weighted by atomic mass is 10.0. The minimum absolute atomic E-state index is 0. The predicted molar refractivity (Wildman–Crippen MR) is 92.0 cm³/mol. The van der Waals surface area contributed by atoms with Gasteiger partial charge in [0.1, 0.15) is 5.76 Å². The number of carbonyl (C=O) groups is 1. The van der Waals surface area contributed by atoms with Crippen molar-refractivity contribution in [3.05, 3.63) is 23.7 Å². The smallest absolute Gasteiger partial charge is 0.289 e. The highest BCUT2D eigenvalue weighted by Gasteiger charge is 2.18. The Kier molecular flexibility index (Phi) is 8.83. The Hall–Kier alpha value is -1.09. The van der Waals surface area contributed by atoms with Gasteiger partial charge in [-0.25, -0.2) is 13.1 Å². The number of furan rings is 1. The number of hydrogen-bond donors (Lipinski definition) is 2. The van der Waals surface area contributed by atoms with E-state index in [1.807, 2.05) is 13.8 Å². The standard InChI is InChI=1S/C14H25N3O4S.ClH/c1-10(2)12(15)7-8-17(3)14(18)13-6-5-11(21-13)9-16-22(4,19)20;/h5-6,10,12,16H,7-9,15H2,1-4H3;1H. The molecule has 0 aliphatic carbocycles. The number of nitrogens with one attached hydrogen (secondary N) is 1. The number of sulfonamides is 1. The normalized spacial score (nSPS) is 12.8. The highest BCUT2D eigenvalue weighted by molar-refractivity contribution is 7.88. The first kappa shape index (κ1) is 21.9. The van der Waals surface area contributed by atoms with Crippen LogP contribution in [0.4, 0.5) is 0 Å². The van der Waals surface area contributed by atoms with Crippen molar-refractivity contribution in [3.8, 4) is 0 Å². The highest BCUT2D eigenvalue weighted by Crippen LogP contribution is 2.11. The van der Waals surface area contributed by atoms with Gasteiger partial charge in [-0.2, -0.15) is 0 Å². The predicted octanol–water partition coefficient (Wildman–Crippen LogP) is 1.20. The van der Waals surface area contributed by atoms with E-state index in [0.29, 0.717) is 24.6 Å². The van der Waals surface area contributed by atoms with Crippen molar-refractivity contribution >= 4 is 28.3 Å². The van der Waals surface area contributed by atoms with Gasteiger partial charge in [-0.1, -0.05) is 13.8 Å². The molecule has 0 aliphatic heterocycles. The number of hydrogen-bond acceptors (Lipinski definition) is 5. The van der Waals surface area contributed by atoms with Crippen molar-refractivity contribution in [2.75, 3.05) is 19.8 Å². The van der Waals surface area contributed by atoms with Crippen LogP contribution >= 0.6 is 12.4 Å². The Morgan fingerprint density at radius 2 is 2.00 bits per heavy atom. The molecule has 1 aromatic rings. The summed E-state index contributed by atoms with van der Waals surface area (Å²) in [7, 11) is -1.61. The molecule has 0 fully saturated rings. The van der Waals surface area contributed by atoms with Crippen LogP contribution in [0.5, 0.6) is 0 Å². The van der Waals surface area contributed by atoms with Crippen LogP contribution in [0.3, 0.4) is 0 Å². The summed E-state index contributed by atoms with van der Waals surface area (Å²) in [5, 5.41) is 0. The van der Waals surface area contributed by atoms with Gasteiger partial charge >= 0.3 is 0 Å². The maximum Gasteiger partial charge on any atom is 0.289 e. The summed E-state index contributed by atoms with van der Waals surface area (Å²) < 4.78 is 29.7. The SMILES string of the molecule is CC(C)C(N)CCN(C)C(=O)c1ccc(CNS(C)(=O)=O)o1.Cl.